The summed E-state index contributed by atoms with van der Waals surface area (Å²) in [5.41, 5.74) is 1.14. The molecule has 0 bridgehead atoms. The fourth-order valence-corrected chi connectivity index (χ4v) is 3.35. The number of anilines is 1. The van der Waals surface area contributed by atoms with Crippen molar-refractivity contribution in [2.45, 2.75) is 51.0 Å². The van der Waals surface area contributed by atoms with Crippen molar-refractivity contribution in [2.75, 3.05) is 18.1 Å². The maximum atomic E-state index is 12.6. The lowest BCUT2D eigenvalue weighted by molar-refractivity contribution is -0.125. The van der Waals surface area contributed by atoms with Crippen LogP contribution in [0, 0.1) is 6.92 Å². The summed E-state index contributed by atoms with van der Waals surface area (Å²) in [6.07, 6.45) is 4.90. The molecule has 1 aromatic rings. The highest BCUT2D eigenvalue weighted by atomic mass is 16.5. The first-order valence-corrected chi connectivity index (χ1v) is 7.84. The Kier molecular flexibility index (Phi) is 3.89. The van der Waals surface area contributed by atoms with Gasteiger partial charge in [0, 0.05) is 0 Å². The molecule has 1 fully saturated rings. The van der Waals surface area contributed by atoms with Gasteiger partial charge >= 0.3 is 0 Å². The number of amides is 1. The molecule has 1 aliphatic carbocycles. The average Bonchev–Trinajstić information content (AvgIpc) is 2.46. The molecule has 21 heavy (non-hydrogen) atoms. The summed E-state index contributed by atoms with van der Waals surface area (Å²) < 4.78 is 5.64. The number of nitrogens with zero attached hydrogens (tertiary/aromatic N) is 1. The van der Waals surface area contributed by atoms with Crippen molar-refractivity contribution in [3.8, 4) is 5.75 Å². The minimum atomic E-state index is -0.807. The third kappa shape index (κ3) is 3.05. The first-order valence-electron chi connectivity index (χ1n) is 7.84. The van der Waals surface area contributed by atoms with E-state index in [-0.39, 0.29) is 12.3 Å². The lowest BCUT2D eigenvalue weighted by atomic mass is 9.82. The predicted molar refractivity (Wildman–Crippen MR) is 81.7 cm³/mol. The number of aryl methyl sites for hydroxylation is 1. The fraction of sp³-hybridized carbons (Fsp3) is 0.588. The zero-order valence-electron chi connectivity index (χ0n) is 12.6. The highest BCUT2D eigenvalue weighted by molar-refractivity contribution is 5.95. The minimum absolute atomic E-state index is 0.00723. The summed E-state index contributed by atoms with van der Waals surface area (Å²) in [6, 6.07) is 5.89. The van der Waals surface area contributed by atoms with Gasteiger partial charge in [0.2, 0.25) is 5.91 Å². The van der Waals surface area contributed by atoms with E-state index in [2.05, 4.69) is 0 Å². The van der Waals surface area contributed by atoms with E-state index in [0.29, 0.717) is 13.2 Å². The van der Waals surface area contributed by atoms with Crippen molar-refractivity contribution in [1.82, 2.24) is 0 Å². The maximum Gasteiger partial charge on any atom is 0.230 e. The van der Waals surface area contributed by atoms with Gasteiger partial charge < -0.3 is 14.7 Å². The fourth-order valence-electron chi connectivity index (χ4n) is 3.35. The zero-order valence-corrected chi connectivity index (χ0v) is 12.6. The number of hydrogen-bond donors (Lipinski definition) is 1. The molecule has 1 aliphatic heterocycles. The molecule has 3 rings (SSSR count). The zero-order chi connectivity index (χ0) is 14.9. The Morgan fingerprint density at radius 1 is 1.33 bits per heavy atom. The molecule has 1 N–H and O–H groups in total. The van der Waals surface area contributed by atoms with Gasteiger partial charge in [-0.05, 0) is 37.5 Å². The first-order chi connectivity index (χ1) is 10.1. The third-order valence-electron chi connectivity index (χ3n) is 4.54. The van der Waals surface area contributed by atoms with Gasteiger partial charge in [0.15, 0.2) is 0 Å². The summed E-state index contributed by atoms with van der Waals surface area (Å²) >= 11 is 0. The van der Waals surface area contributed by atoms with E-state index in [1.165, 1.54) is 0 Å². The molecular weight excluding hydrogens is 266 g/mol. The van der Waals surface area contributed by atoms with Crippen LogP contribution in [-0.2, 0) is 4.79 Å². The highest BCUT2D eigenvalue weighted by Gasteiger charge is 2.35. The molecule has 0 atom stereocenters. The molecule has 0 saturated heterocycles. The van der Waals surface area contributed by atoms with Crippen molar-refractivity contribution in [3.05, 3.63) is 23.8 Å². The molecule has 0 aromatic heterocycles. The summed E-state index contributed by atoms with van der Waals surface area (Å²) in [5, 5.41) is 10.6. The number of hydrogen-bond acceptors (Lipinski definition) is 3. The van der Waals surface area contributed by atoms with Gasteiger partial charge in [-0.3, -0.25) is 4.79 Å². The molecule has 4 heteroatoms. The number of aliphatic hydroxyl groups is 1. The van der Waals surface area contributed by atoms with Crippen LogP contribution in [0.5, 0.6) is 5.75 Å². The lowest BCUT2D eigenvalue weighted by Gasteiger charge is -2.35. The number of carbonyl (C=O) groups excluding carboxylic acids is 1. The van der Waals surface area contributed by atoms with Crippen LogP contribution in [0.2, 0.25) is 0 Å². The Bertz CT molecular complexity index is 535. The summed E-state index contributed by atoms with van der Waals surface area (Å²) in [7, 11) is 0. The topological polar surface area (TPSA) is 49.8 Å². The molecular formula is C17H23NO3. The largest absolute Gasteiger partial charge is 0.490 e. The number of ether oxygens (including phenoxy) is 1. The van der Waals surface area contributed by atoms with Crippen LogP contribution in [0.15, 0.2) is 18.2 Å². The van der Waals surface area contributed by atoms with Crippen molar-refractivity contribution in [2.24, 2.45) is 0 Å². The van der Waals surface area contributed by atoms with E-state index >= 15 is 0 Å². The van der Waals surface area contributed by atoms with Gasteiger partial charge in [-0.15, -0.1) is 0 Å². The van der Waals surface area contributed by atoms with Crippen molar-refractivity contribution in [3.63, 3.8) is 0 Å². The van der Waals surface area contributed by atoms with Crippen LogP contribution in [-0.4, -0.2) is 29.8 Å². The van der Waals surface area contributed by atoms with Gasteiger partial charge in [-0.25, -0.2) is 0 Å². The number of fused-ring (bicyclic) bond motifs is 1. The average molecular weight is 289 g/mol. The Morgan fingerprint density at radius 2 is 2.10 bits per heavy atom. The monoisotopic (exact) mass is 289 g/mol. The molecule has 0 unspecified atom stereocenters. The Morgan fingerprint density at radius 3 is 2.86 bits per heavy atom. The maximum absolute atomic E-state index is 12.6. The quantitative estimate of drug-likeness (QED) is 0.911. The van der Waals surface area contributed by atoms with Gasteiger partial charge in [-0.2, -0.15) is 0 Å². The molecule has 1 amide bonds. The summed E-state index contributed by atoms with van der Waals surface area (Å²) in [4.78, 5) is 14.4. The minimum Gasteiger partial charge on any atom is -0.490 e. The van der Waals surface area contributed by atoms with Crippen molar-refractivity contribution < 1.29 is 14.6 Å². The van der Waals surface area contributed by atoms with Crippen molar-refractivity contribution in [1.29, 1.82) is 0 Å². The number of rotatable bonds is 2. The van der Waals surface area contributed by atoms with Crippen LogP contribution >= 0.6 is 0 Å². The second-order valence-electron chi connectivity index (χ2n) is 6.33. The van der Waals surface area contributed by atoms with E-state index in [9.17, 15) is 9.90 Å². The van der Waals surface area contributed by atoms with Crippen molar-refractivity contribution >= 4 is 11.6 Å². The van der Waals surface area contributed by atoms with E-state index in [1.807, 2.05) is 25.1 Å². The molecule has 0 radical (unpaired) electrons. The normalized spacial score (nSPS) is 20.6. The molecule has 2 aliphatic rings. The van der Waals surface area contributed by atoms with E-state index in [0.717, 1.165) is 49.1 Å². The second kappa shape index (κ2) is 5.68. The highest BCUT2D eigenvalue weighted by Crippen LogP contribution is 2.35. The van der Waals surface area contributed by atoms with Gasteiger partial charge in [0.1, 0.15) is 12.4 Å². The second-order valence-corrected chi connectivity index (χ2v) is 6.33. The predicted octanol–water partition coefficient (Wildman–Crippen LogP) is 2.81. The SMILES string of the molecule is Cc1ccc2c(c1)OCCN2C(=O)CC1(O)CCCCC1. The van der Waals surface area contributed by atoms with Crippen LogP contribution < -0.4 is 9.64 Å². The first kappa shape index (κ1) is 14.4. The molecule has 0 spiro atoms. The number of carbonyl (C=O) groups is 1. The molecule has 1 aromatic carbocycles. The molecule has 1 saturated carbocycles. The molecule has 4 nitrogen and oxygen atoms in total. The van der Waals surface area contributed by atoms with Gasteiger partial charge in [0.05, 0.1) is 24.3 Å². The summed E-state index contributed by atoms with van der Waals surface area (Å²) in [6.45, 7) is 3.08. The van der Waals surface area contributed by atoms with Gasteiger partial charge in [0.25, 0.3) is 0 Å². The molecule has 114 valence electrons. The lowest BCUT2D eigenvalue weighted by Crippen LogP contribution is -2.43. The van der Waals surface area contributed by atoms with E-state index in [1.54, 1.807) is 4.90 Å². The van der Waals surface area contributed by atoms with E-state index in [4.69, 9.17) is 4.74 Å². The van der Waals surface area contributed by atoms with E-state index < -0.39 is 5.60 Å². The summed E-state index contributed by atoms with van der Waals surface area (Å²) in [5.74, 6) is 0.776. The Hall–Kier alpha value is -1.55. The Labute approximate surface area is 125 Å². The smallest absolute Gasteiger partial charge is 0.230 e. The number of benzene rings is 1. The van der Waals surface area contributed by atoms with Crippen LogP contribution in [0.1, 0.15) is 44.1 Å². The molecule has 1 heterocycles. The van der Waals surface area contributed by atoms with Crippen LogP contribution in [0.3, 0.4) is 0 Å². The van der Waals surface area contributed by atoms with Crippen LogP contribution in [0.25, 0.3) is 0 Å². The standard InChI is InChI=1S/C17H23NO3/c1-13-5-6-14-15(11-13)21-10-9-18(14)16(19)12-17(20)7-3-2-4-8-17/h5-6,11,20H,2-4,7-10,12H2,1H3. The van der Waals surface area contributed by atoms with Gasteiger partial charge in [-0.1, -0.05) is 25.3 Å². The van der Waals surface area contributed by atoms with Crippen LogP contribution in [0.4, 0.5) is 5.69 Å². The third-order valence-corrected chi connectivity index (χ3v) is 4.54. The Balaban J connectivity index is 1.77.